The fraction of sp³-hybridized carbons (Fsp3) is 0.357. The number of hydrogen-bond donors (Lipinski definition) is 0. The number of rotatable bonds is 3. The first-order chi connectivity index (χ1) is 10.2. The van der Waals surface area contributed by atoms with E-state index in [2.05, 4.69) is 10.3 Å². The van der Waals surface area contributed by atoms with Crippen LogP contribution in [0.1, 0.15) is 0 Å². The van der Waals surface area contributed by atoms with Crippen LogP contribution in [0.3, 0.4) is 0 Å². The van der Waals surface area contributed by atoms with Crippen molar-refractivity contribution in [1.29, 1.82) is 0 Å². The first kappa shape index (κ1) is 13.5. The number of aromatic nitrogens is 3. The van der Waals surface area contributed by atoms with Crippen LogP contribution in [0.2, 0.25) is 0 Å². The number of para-hydroxylation sites is 1. The van der Waals surface area contributed by atoms with Crippen molar-refractivity contribution in [1.82, 2.24) is 19.9 Å². The van der Waals surface area contributed by atoms with E-state index in [0.29, 0.717) is 31.9 Å². The molecule has 0 bridgehead atoms. The molecule has 1 amide bonds. The largest absolute Gasteiger partial charge is 0.366 e. The summed E-state index contributed by atoms with van der Waals surface area (Å²) in [6.45, 7) is 2.62. The fourth-order valence-electron chi connectivity index (χ4n) is 2.46. The second-order valence-corrected chi connectivity index (χ2v) is 4.92. The topological polar surface area (TPSA) is 54.3 Å². The first-order valence-electron chi connectivity index (χ1n) is 6.85. The summed E-state index contributed by atoms with van der Waals surface area (Å²) < 4.78 is 15.2. The van der Waals surface area contributed by atoms with Crippen molar-refractivity contribution in [2.75, 3.05) is 31.1 Å². The zero-order valence-corrected chi connectivity index (χ0v) is 11.5. The van der Waals surface area contributed by atoms with Crippen LogP contribution in [0.5, 0.6) is 0 Å². The standard InChI is InChI=1S/C14H16FN5O/c15-12-3-1-2-4-13(12)18-7-9-19(10-8-18)14(21)11-20-6-5-16-17-20/h1-6H,7-11H2. The lowest BCUT2D eigenvalue weighted by molar-refractivity contribution is -0.132. The summed E-state index contributed by atoms with van der Waals surface area (Å²) >= 11 is 0. The second kappa shape index (κ2) is 5.90. The molecule has 2 aromatic rings. The van der Waals surface area contributed by atoms with Gasteiger partial charge in [0.1, 0.15) is 12.4 Å². The van der Waals surface area contributed by atoms with Crippen LogP contribution in [-0.4, -0.2) is 52.0 Å². The van der Waals surface area contributed by atoms with Crippen LogP contribution < -0.4 is 4.90 Å². The van der Waals surface area contributed by atoms with Gasteiger partial charge in [-0.15, -0.1) is 5.10 Å². The zero-order valence-electron chi connectivity index (χ0n) is 11.5. The Kier molecular flexibility index (Phi) is 3.81. The number of hydrogen-bond acceptors (Lipinski definition) is 4. The maximum atomic E-state index is 13.7. The Bertz CT molecular complexity index is 608. The van der Waals surface area contributed by atoms with E-state index < -0.39 is 0 Å². The maximum absolute atomic E-state index is 13.7. The molecule has 0 unspecified atom stereocenters. The Morgan fingerprint density at radius 3 is 2.62 bits per heavy atom. The molecule has 7 heteroatoms. The minimum atomic E-state index is -0.222. The second-order valence-electron chi connectivity index (χ2n) is 4.92. The van der Waals surface area contributed by atoms with Gasteiger partial charge < -0.3 is 9.80 Å². The number of halogens is 1. The van der Waals surface area contributed by atoms with Crippen molar-refractivity contribution in [2.45, 2.75) is 6.54 Å². The van der Waals surface area contributed by atoms with E-state index in [1.54, 1.807) is 29.4 Å². The van der Waals surface area contributed by atoms with Crippen LogP contribution in [0, 0.1) is 5.82 Å². The van der Waals surface area contributed by atoms with Crippen LogP contribution in [0.15, 0.2) is 36.7 Å². The van der Waals surface area contributed by atoms with Crippen molar-refractivity contribution in [3.8, 4) is 0 Å². The Balaban J connectivity index is 1.58. The van der Waals surface area contributed by atoms with E-state index in [4.69, 9.17) is 0 Å². The van der Waals surface area contributed by atoms with Crippen LogP contribution >= 0.6 is 0 Å². The predicted octanol–water partition coefficient (Wildman–Crippen LogP) is 0.766. The highest BCUT2D eigenvalue weighted by Crippen LogP contribution is 2.20. The molecule has 0 saturated carbocycles. The Labute approximate surface area is 121 Å². The molecule has 0 atom stereocenters. The van der Waals surface area contributed by atoms with E-state index in [-0.39, 0.29) is 18.3 Å². The van der Waals surface area contributed by atoms with Gasteiger partial charge in [-0.2, -0.15) is 0 Å². The number of benzene rings is 1. The van der Waals surface area contributed by atoms with Crippen molar-refractivity contribution in [3.05, 3.63) is 42.5 Å². The number of piperazine rings is 1. The molecule has 3 rings (SSSR count). The van der Waals surface area contributed by atoms with Gasteiger partial charge >= 0.3 is 0 Å². The van der Waals surface area contributed by atoms with E-state index in [1.165, 1.54) is 10.7 Å². The lowest BCUT2D eigenvalue weighted by Gasteiger charge is -2.36. The van der Waals surface area contributed by atoms with Crippen LogP contribution in [-0.2, 0) is 11.3 Å². The molecule has 110 valence electrons. The molecule has 1 saturated heterocycles. The molecule has 21 heavy (non-hydrogen) atoms. The number of carbonyl (C=O) groups excluding carboxylic acids is 1. The highest BCUT2D eigenvalue weighted by molar-refractivity contribution is 5.76. The average molecular weight is 289 g/mol. The van der Waals surface area contributed by atoms with Gasteiger partial charge in [0.15, 0.2) is 0 Å². The normalized spacial score (nSPS) is 15.3. The summed E-state index contributed by atoms with van der Waals surface area (Å²) in [7, 11) is 0. The molecule has 0 aliphatic carbocycles. The molecule has 0 radical (unpaired) electrons. The van der Waals surface area contributed by atoms with Gasteiger partial charge in [-0.1, -0.05) is 17.3 Å². The van der Waals surface area contributed by atoms with Gasteiger partial charge in [0, 0.05) is 32.4 Å². The Morgan fingerprint density at radius 1 is 1.19 bits per heavy atom. The van der Waals surface area contributed by atoms with Gasteiger partial charge in [-0.05, 0) is 12.1 Å². The van der Waals surface area contributed by atoms with Gasteiger partial charge in [0.05, 0.1) is 11.9 Å². The molecule has 1 fully saturated rings. The number of carbonyl (C=O) groups is 1. The number of anilines is 1. The molecule has 1 aliphatic rings. The SMILES string of the molecule is O=C(Cn1ccnn1)N1CCN(c2ccccc2F)CC1. The molecule has 1 aromatic heterocycles. The van der Waals surface area contributed by atoms with Gasteiger partial charge in [0.2, 0.25) is 5.91 Å². The summed E-state index contributed by atoms with van der Waals surface area (Å²) in [4.78, 5) is 15.9. The Hall–Kier alpha value is -2.44. The number of amides is 1. The van der Waals surface area contributed by atoms with E-state index in [9.17, 15) is 9.18 Å². The van der Waals surface area contributed by atoms with Crippen molar-refractivity contribution >= 4 is 11.6 Å². The minimum Gasteiger partial charge on any atom is -0.366 e. The highest BCUT2D eigenvalue weighted by Gasteiger charge is 2.22. The average Bonchev–Trinajstić information content (AvgIpc) is 3.01. The summed E-state index contributed by atoms with van der Waals surface area (Å²) in [5, 5.41) is 7.46. The van der Waals surface area contributed by atoms with E-state index in [0.717, 1.165) is 0 Å². The Morgan fingerprint density at radius 2 is 1.95 bits per heavy atom. The zero-order chi connectivity index (χ0) is 14.7. The molecular weight excluding hydrogens is 273 g/mol. The van der Waals surface area contributed by atoms with Crippen molar-refractivity contribution < 1.29 is 9.18 Å². The third-order valence-corrected chi connectivity index (χ3v) is 3.59. The third kappa shape index (κ3) is 3.01. The van der Waals surface area contributed by atoms with Crippen molar-refractivity contribution in [2.24, 2.45) is 0 Å². The third-order valence-electron chi connectivity index (χ3n) is 3.59. The number of nitrogens with zero attached hydrogens (tertiary/aromatic N) is 5. The summed E-state index contributed by atoms with van der Waals surface area (Å²) in [6, 6.07) is 6.72. The fourth-order valence-corrected chi connectivity index (χ4v) is 2.46. The first-order valence-corrected chi connectivity index (χ1v) is 6.85. The monoisotopic (exact) mass is 289 g/mol. The molecule has 6 nitrogen and oxygen atoms in total. The van der Waals surface area contributed by atoms with Crippen LogP contribution in [0.4, 0.5) is 10.1 Å². The summed E-state index contributed by atoms with van der Waals surface area (Å²) in [5.74, 6) is -0.214. The molecule has 1 aromatic carbocycles. The highest BCUT2D eigenvalue weighted by atomic mass is 19.1. The molecule has 0 N–H and O–H groups in total. The minimum absolute atomic E-state index is 0.00804. The summed E-state index contributed by atoms with van der Waals surface area (Å²) in [5.41, 5.74) is 0.598. The van der Waals surface area contributed by atoms with Crippen LogP contribution in [0.25, 0.3) is 0 Å². The van der Waals surface area contributed by atoms with Gasteiger partial charge in [0.25, 0.3) is 0 Å². The lowest BCUT2D eigenvalue weighted by atomic mass is 10.2. The molecular formula is C14H16FN5O. The van der Waals surface area contributed by atoms with Gasteiger partial charge in [-0.25, -0.2) is 9.07 Å². The van der Waals surface area contributed by atoms with E-state index >= 15 is 0 Å². The van der Waals surface area contributed by atoms with Crippen molar-refractivity contribution in [3.63, 3.8) is 0 Å². The quantitative estimate of drug-likeness (QED) is 0.837. The van der Waals surface area contributed by atoms with E-state index in [1.807, 2.05) is 11.0 Å². The lowest BCUT2D eigenvalue weighted by Crippen LogP contribution is -2.49. The predicted molar refractivity (Wildman–Crippen MR) is 75.2 cm³/mol. The molecule has 1 aliphatic heterocycles. The maximum Gasteiger partial charge on any atom is 0.244 e. The van der Waals surface area contributed by atoms with Gasteiger partial charge in [-0.3, -0.25) is 4.79 Å². The smallest absolute Gasteiger partial charge is 0.244 e. The summed E-state index contributed by atoms with van der Waals surface area (Å²) in [6.07, 6.45) is 3.21. The molecule has 0 spiro atoms. The molecule has 2 heterocycles.